The van der Waals surface area contributed by atoms with Crippen LogP contribution in [0.3, 0.4) is 0 Å². The Morgan fingerprint density at radius 2 is 1.87 bits per heavy atom. The van der Waals surface area contributed by atoms with E-state index < -0.39 is 0 Å². The first kappa shape index (κ1) is 15.5. The second-order valence-corrected chi connectivity index (χ2v) is 6.54. The summed E-state index contributed by atoms with van der Waals surface area (Å²) >= 11 is 0. The molecule has 1 aromatic heterocycles. The lowest BCUT2D eigenvalue weighted by molar-refractivity contribution is 0.566. The maximum atomic E-state index is 4.37. The number of benzene rings is 1. The van der Waals surface area contributed by atoms with Crippen LogP contribution in [0.2, 0.25) is 0 Å². The van der Waals surface area contributed by atoms with Gasteiger partial charge in [-0.3, -0.25) is 0 Å². The quantitative estimate of drug-likeness (QED) is 0.815. The predicted octanol–water partition coefficient (Wildman–Crippen LogP) is 3.49. The van der Waals surface area contributed by atoms with Gasteiger partial charge in [0.05, 0.1) is 11.8 Å². The molecule has 0 atom stereocenters. The molecule has 0 spiro atoms. The van der Waals surface area contributed by atoms with Crippen molar-refractivity contribution in [3.8, 4) is 0 Å². The molecule has 1 aliphatic rings. The van der Waals surface area contributed by atoms with Crippen LogP contribution in [0.4, 0.5) is 5.69 Å². The van der Waals surface area contributed by atoms with Gasteiger partial charge >= 0.3 is 0 Å². The van der Waals surface area contributed by atoms with Gasteiger partial charge in [-0.1, -0.05) is 6.08 Å². The summed E-state index contributed by atoms with van der Waals surface area (Å²) in [6, 6.07) is 4.49. The van der Waals surface area contributed by atoms with Gasteiger partial charge < -0.3 is 4.90 Å². The second kappa shape index (κ2) is 5.65. The minimum absolute atomic E-state index is 0.0381. The van der Waals surface area contributed by atoms with E-state index in [0.29, 0.717) is 0 Å². The molecule has 3 rings (SSSR count). The number of hydrogen-bond acceptors (Lipinski definition) is 4. The fourth-order valence-electron chi connectivity index (χ4n) is 3.35. The predicted molar refractivity (Wildman–Crippen MR) is 94.9 cm³/mol. The number of allylic oxidation sites excluding steroid dienone is 1. The number of likely N-dealkylation sites (N-methyl/N-ethyl adjacent to an activating group) is 1. The Morgan fingerprint density at radius 1 is 1.17 bits per heavy atom. The molecule has 0 saturated heterocycles. The van der Waals surface area contributed by atoms with Crippen molar-refractivity contribution in [1.29, 1.82) is 0 Å². The summed E-state index contributed by atoms with van der Waals surface area (Å²) in [6.45, 7) is 12.0. The summed E-state index contributed by atoms with van der Waals surface area (Å²) < 4.78 is 1.60. The number of anilines is 1. The Morgan fingerprint density at radius 3 is 2.52 bits per heavy atom. The Bertz CT molecular complexity index is 769. The first-order chi connectivity index (χ1) is 10.9. The van der Waals surface area contributed by atoms with Crippen molar-refractivity contribution in [2.75, 3.05) is 11.4 Å². The molecule has 0 amide bonds. The number of fused-ring (bicyclic) bond motifs is 1. The maximum Gasteiger partial charge on any atom is 0.141 e. The molecule has 0 saturated carbocycles. The van der Waals surface area contributed by atoms with E-state index in [1.54, 1.807) is 17.3 Å². The SMILES string of the molecule is CCN1c2cc(C)c(/C=N/n3cnnc3)cc2C(C)=CC1(C)C. The van der Waals surface area contributed by atoms with E-state index in [4.69, 9.17) is 0 Å². The summed E-state index contributed by atoms with van der Waals surface area (Å²) in [5, 5.41) is 11.9. The summed E-state index contributed by atoms with van der Waals surface area (Å²) in [5.74, 6) is 0. The number of nitrogens with zero attached hydrogens (tertiary/aromatic N) is 5. The van der Waals surface area contributed by atoms with E-state index in [-0.39, 0.29) is 5.54 Å². The minimum Gasteiger partial charge on any atom is -0.363 e. The summed E-state index contributed by atoms with van der Waals surface area (Å²) in [4.78, 5) is 2.45. The summed E-state index contributed by atoms with van der Waals surface area (Å²) in [7, 11) is 0. The van der Waals surface area contributed by atoms with Gasteiger partial charge in [0.15, 0.2) is 0 Å². The maximum absolute atomic E-state index is 4.37. The van der Waals surface area contributed by atoms with Crippen molar-refractivity contribution in [1.82, 2.24) is 14.9 Å². The zero-order chi connectivity index (χ0) is 16.6. The van der Waals surface area contributed by atoms with E-state index in [1.165, 1.54) is 22.4 Å². The molecule has 0 bridgehead atoms. The first-order valence-corrected chi connectivity index (χ1v) is 7.93. The molecular weight excluding hydrogens is 286 g/mol. The van der Waals surface area contributed by atoms with Gasteiger partial charge in [0.1, 0.15) is 12.7 Å². The first-order valence-electron chi connectivity index (χ1n) is 7.93. The third kappa shape index (κ3) is 2.79. The van der Waals surface area contributed by atoms with Gasteiger partial charge in [-0.2, -0.15) is 5.10 Å². The van der Waals surface area contributed by atoms with Gasteiger partial charge in [0, 0.05) is 17.8 Å². The number of aryl methyl sites for hydroxylation is 1. The van der Waals surface area contributed by atoms with Crippen molar-refractivity contribution in [3.63, 3.8) is 0 Å². The summed E-state index contributed by atoms with van der Waals surface area (Å²) in [5.41, 5.74) is 6.26. The molecule has 5 heteroatoms. The largest absolute Gasteiger partial charge is 0.363 e. The fourth-order valence-corrected chi connectivity index (χ4v) is 3.35. The van der Waals surface area contributed by atoms with Crippen molar-refractivity contribution >= 4 is 17.5 Å². The van der Waals surface area contributed by atoms with E-state index in [9.17, 15) is 0 Å². The topological polar surface area (TPSA) is 46.3 Å². The van der Waals surface area contributed by atoms with E-state index in [0.717, 1.165) is 12.1 Å². The Labute approximate surface area is 137 Å². The second-order valence-electron chi connectivity index (χ2n) is 6.54. The highest BCUT2D eigenvalue weighted by Gasteiger charge is 2.30. The smallest absolute Gasteiger partial charge is 0.141 e. The van der Waals surface area contributed by atoms with Crippen LogP contribution in [0.15, 0.2) is 36.0 Å². The van der Waals surface area contributed by atoms with Crippen molar-refractivity contribution in [2.24, 2.45) is 5.10 Å². The van der Waals surface area contributed by atoms with E-state index in [2.05, 4.69) is 73.0 Å². The van der Waals surface area contributed by atoms with Crippen molar-refractivity contribution in [2.45, 2.75) is 40.2 Å². The lowest BCUT2D eigenvalue weighted by Gasteiger charge is -2.43. The molecule has 1 aliphatic heterocycles. The van der Waals surface area contributed by atoms with Crippen LogP contribution in [-0.4, -0.2) is 33.2 Å². The van der Waals surface area contributed by atoms with Gasteiger partial charge in [0.25, 0.3) is 0 Å². The monoisotopic (exact) mass is 309 g/mol. The number of rotatable bonds is 3. The number of aromatic nitrogens is 3. The average molecular weight is 309 g/mol. The Hall–Kier alpha value is -2.43. The third-order valence-corrected chi connectivity index (χ3v) is 4.42. The molecule has 120 valence electrons. The molecule has 2 heterocycles. The van der Waals surface area contributed by atoms with Crippen molar-refractivity contribution < 1.29 is 0 Å². The molecule has 2 aromatic rings. The summed E-state index contributed by atoms with van der Waals surface area (Å²) in [6.07, 6.45) is 7.37. The van der Waals surface area contributed by atoms with E-state index >= 15 is 0 Å². The molecule has 23 heavy (non-hydrogen) atoms. The lowest BCUT2D eigenvalue weighted by Crippen LogP contribution is -2.45. The van der Waals surface area contributed by atoms with Gasteiger partial charge in [-0.05, 0) is 63.5 Å². The molecule has 5 nitrogen and oxygen atoms in total. The molecule has 1 aromatic carbocycles. The third-order valence-electron chi connectivity index (χ3n) is 4.42. The van der Waals surface area contributed by atoms with Crippen LogP contribution >= 0.6 is 0 Å². The van der Waals surface area contributed by atoms with Crippen LogP contribution in [0.5, 0.6) is 0 Å². The van der Waals surface area contributed by atoms with Gasteiger partial charge in [0.2, 0.25) is 0 Å². The highest BCUT2D eigenvalue weighted by Crippen LogP contribution is 2.39. The molecule has 0 unspecified atom stereocenters. The molecule has 0 N–H and O–H groups in total. The minimum atomic E-state index is 0.0381. The Kier molecular flexibility index (Phi) is 3.80. The molecule has 0 fully saturated rings. The highest BCUT2D eigenvalue weighted by molar-refractivity contribution is 5.89. The lowest BCUT2D eigenvalue weighted by atomic mass is 9.87. The highest BCUT2D eigenvalue weighted by atomic mass is 15.4. The van der Waals surface area contributed by atoms with Crippen LogP contribution in [0.1, 0.15) is 44.4 Å². The Balaban J connectivity index is 2.06. The van der Waals surface area contributed by atoms with Crippen LogP contribution < -0.4 is 4.90 Å². The fraction of sp³-hybridized carbons (Fsp3) is 0.389. The number of hydrogen-bond donors (Lipinski definition) is 0. The molecule has 0 radical (unpaired) electrons. The zero-order valence-corrected chi connectivity index (χ0v) is 14.4. The van der Waals surface area contributed by atoms with Gasteiger partial charge in [-0.15, -0.1) is 10.2 Å². The van der Waals surface area contributed by atoms with Crippen LogP contribution in [0.25, 0.3) is 5.57 Å². The molecule has 0 aliphatic carbocycles. The zero-order valence-electron chi connectivity index (χ0n) is 14.4. The average Bonchev–Trinajstić information content (AvgIpc) is 2.98. The standard InChI is InChI=1S/C18H23N5/c1-6-23-17-7-13(2)15(10-21-22-11-19-20-12-22)8-16(17)14(3)9-18(23,4)5/h7-12H,6H2,1-5H3/b21-10+. The van der Waals surface area contributed by atoms with E-state index in [1.807, 2.05) is 6.21 Å². The van der Waals surface area contributed by atoms with Crippen LogP contribution in [0, 0.1) is 6.92 Å². The van der Waals surface area contributed by atoms with Crippen molar-refractivity contribution in [3.05, 3.63) is 47.6 Å². The normalized spacial score (nSPS) is 16.6. The van der Waals surface area contributed by atoms with Gasteiger partial charge in [-0.25, -0.2) is 4.68 Å². The van der Waals surface area contributed by atoms with Crippen LogP contribution in [-0.2, 0) is 0 Å². The molecular formula is C18H23N5.